The Labute approximate surface area is 305 Å². The van der Waals surface area contributed by atoms with Gasteiger partial charge in [-0.3, -0.25) is 0 Å². The van der Waals surface area contributed by atoms with Gasteiger partial charge in [-0.25, -0.2) is 0 Å². The van der Waals surface area contributed by atoms with Crippen LogP contribution >= 0.6 is 0 Å². The van der Waals surface area contributed by atoms with Gasteiger partial charge in [-0.1, -0.05) is 239 Å². The molecule has 48 heavy (non-hydrogen) atoms. The molecule has 0 bridgehead atoms. The van der Waals surface area contributed by atoms with E-state index >= 15 is 0 Å². The van der Waals surface area contributed by atoms with Crippen LogP contribution in [0.2, 0.25) is 0 Å². The second-order valence-corrected chi connectivity index (χ2v) is 16.1. The van der Waals surface area contributed by atoms with E-state index in [-0.39, 0.29) is 0 Å². The van der Waals surface area contributed by atoms with Crippen LogP contribution in [0.4, 0.5) is 0 Å². The lowest BCUT2D eigenvalue weighted by Gasteiger charge is -2.33. The third-order valence-electron chi connectivity index (χ3n) is 11.3. The maximum atomic E-state index is 2.73. The summed E-state index contributed by atoms with van der Waals surface area (Å²) in [5.74, 6) is 0. The van der Waals surface area contributed by atoms with Crippen LogP contribution in [0.5, 0.6) is 0 Å². The summed E-state index contributed by atoms with van der Waals surface area (Å²) in [5.41, 5.74) is 0. The molecule has 0 saturated carbocycles. The van der Waals surface area contributed by atoms with Crippen molar-refractivity contribution in [3.05, 3.63) is 12.4 Å². The zero-order valence-electron chi connectivity index (χ0n) is 33.9. The van der Waals surface area contributed by atoms with Crippen LogP contribution in [0.1, 0.15) is 265 Å². The van der Waals surface area contributed by atoms with Gasteiger partial charge in [-0.2, -0.15) is 0 Å². The van der Waals surface area contributed by atoms with Crippen molar-refractivity contribution < 1.29 is 0 Å². The highest BCUT2D eigenvalue weighted by atomic mass is 15.4. The molecule has 286 valence electrons. The molecule has 0 aromatic carbocycles. The first-order valence-electron chi connectivity index (χ1n) is 23.0. The quantitative estimate of drug-likeness (QED) is 0.0598. The molecule has 1 aliphatic heterocycles. The first-order valence-corrected chi connectivity index (χ1v) is 23.0. The van der Waals surface area contributed by atoms with E-state index in [1.807, 2.05) is 0 Å². The van der Waals surface area contributed by atoms with Gasteiger partial charge in [0.25, 0.3) is 0 Å². The van der Waals surface area contributed by atoms with E-state index in [1.165, 1.54) is 257 Å². The summed E-state index contributed by atoms with van der Waals surface area (Å²) in [6, 6.07) is 0. The average Bonchev–Trinajstić information content (AvgIpc) is 3.48. The van der Waals surface area contributed by atoms with Gasteiger partial charge in [-0.15, -0.1) is 0 Å². The number of nitrogens with zero attached hydrogens (tertiary/aromatic N) is 2. The lowest BCUT2D eigenvalue weighted by Crippen LogP contribution is -2.39. The van der Waals surface area contributed by atoms with Crippen molar-refractivity contribution in [1.82, 2.24) is 9.80 Å². The summed E-state index contributed by atoms with van der Waals surface area (Å²) >= 11 is 0. The van der Waals surface area contributed by atoms with Crippen molar-refractivity contribution in [2.24, 2.45) is 0 Å². The van der Waals surface area contributed by atoms with Gasteiger partial charge < -0.3 is 9.80 Å². The van der Waals surface area contributed by atoms with Crippen molar-refractivity contribution >= 4 is 0 Å². The molecule has 0 aromatic heterocycles. The molecule has 0 spiro atoms. The standard InChI is InChI=1S/C46H92N2/c1-4-7-10-13-16-19-21-23-24-25-26-28-31-34-37-40-43-48-45-44-47(46(48)41-38-35-32-29-18-15-12-9-6-3)42-39-36-33-30-27-22-20-17-14-11-8-5-2/h44-46H,4-43H2,1-3H3. The Balaban J connectivity index is 2.17. The van der Waals surface area contributed by atoms with Crippen LogP contribution < -0.4 is 0 Å². The molecular formula is C46H92N2. The van der Waals surface area contributed by atoms with Crippen LogP contribution in [-0.4, -0.2) is 29.1 Å². The molecule has 0 N–H and O–H groups in total. The highest BCUT2D eigenvalue weighted by molar-refractivity contribution is 4.97. The molecule has 1 rings (SSSR count). The number of hydrogen-bond donors (Lipinski definition) is 0. The second-order valence-electron chi connectivity index (χ2n) is 16.1. The predicted octanol–water partition coefficient (Wildman–Crippen LogP) is 16.3. The average molecular weight is 673 g/mol. The van der Waals surface area contributed by atoms with Crippen LogP contribution in [-0.2, 0) is 0 Å². The molecule has 1 heterocycles. The number of rotatable bonds is 40. The Morgan fingerprint density at radius 2 is 0.479 bits per heavy atom. The normalized spacial score (nSPS) is 14.6. The summed E-state index contributed by atoms with van der Waals surface area (Å²) < 4.78 is 0. The minimum absolute atomic E-state index is 0.638. The molecule has 0 saturated heterocycles. The molecule has 1 aliphatic rings. The maximum Gasteiger partial charge on any atom is 0.101 e. The fourth-order valence-corrected chi connectivity index (χ4v) is 7.95. The lowest BCUT2D eigenvalue weighted by molar-refractivity contribution is 0.135. The number of hydrogen-bond acceptors (Lipinski definition) is 2. The van der Waals surface area contributed by atoms with Gasteiger partial charge in [-0.05, 0) is 25.7 Å². The Hall–Kier alpha value is -0.660. The molecule has 0 radical (unpaired) electrons. The third-order valence-corrected chi connectivity index (χ3v) is 11.3. The zero-order valence-corrected chi connectivity index (χ0v) is 33.9. The van der Waals surface area contributed by atoms with Crippen molar-refractivity contribution in [3.63, 3.8) is 0 Å². The van der Waals surface area contributed by atoms with E-state index in [1.54, 1.807) is 0 Å². The Bertz CT molecular complexity index is 630. The largest absolute Gasteiger partial charge is 0.356 e. The molecule has 0 fully saturated rings. The zero-order chi connectivity index (χ0) is 34.4. The van der Waals surface area contributed by atoms with Crippen LogP contribution in [0.3, 0.4) is 0 Å². The second kappa shape index (κ2) is 37.6. The van der Waals surface area contributed by atoms with Crippen molar-refractivity contribution in [3.8, 4) is 0 Å². The smallest absolute Gasteiger partial charge is 0.101 e. The highest BCUT2D eigenvalue weighted by Crippen LogP contribution is 2.24. The van der Waals surface area contributed by atoms with E-state index in [2.05, 4.69) is 43.0 Å². The van der Waals surface area contributed by atoms with E-state index in [9.17, 15) is 0 Å². The van der Waals surface area contributed by atoms with Gasteiger partial charge in [0.1, 0.15) is 6.17 Å². The van der Waals surface area contributed by atoms with Crippen LogP contribution in [0.25, 0.3) is 0 Å². The van der Waals surface area contributed by atoms with Gasteiger partial charge in [0.05, 0.1) is 0 Å². The van der Waals surface area contributed by atoms with Crippen molar-refractivity contribution in [2.75, 3.05) is 13.1 Å². The first-order chi connectivity index (χ1) is 23.8. The topological polar surface area (TPSA) is 6.48 Å². The summed E-state index contributed by atoms with van der Waals surface area (Å²) in [5, 5.41) is 0. The van der Waals surface area contributed by atoms with E-state index in [4.69, 9.17) is 0 Å². The fourth-order valence-electron chi connectivity index (χ4n) is 7.95. The molecule has 1 atom stereocenters. The van der Waals surface area contributed by atoms with Crippen molar-refractivity contribution in [2.45, 2.75) is 271 Å². The molecular weight excluding hydrogens is 581 g/mol. The molecule has 0 aromatic rings. The van der Waals surface area contributed by atoms with Gasteiger partial charge in [0, 0.05) is 25.5 Å². The SMILES string of the molecule is CCCCCCCCCCCCCCCCCCN1C=CN(CCCCCCCCCCCCCC)C1CCCCCCCCCCC. The van der Waals surface area contributed by atoms with E-state index in [0.29, 0.717) is 6.17 Å². The maximum absolute atomic E-state index is 2.73. The molecule has 2 nitrogen and oxygen atoms in total. The molecule has 1 unspecified atom stereocenters. The van der Waals surface area contributed by atoms with Crippen LogP contribution in [0.15, 0.2) is 12.4 Å². The monoisotopic (exact) mass is 673 g/mol. The first kappa shape index (κ1) is 45.4. The third kappa shape index (κ3) is 29.1. The molecule has 0 aliphatic carbocycles. The van der Waals surface area contributed by atoms with E-state index in [0.717, 1.165) is 0 Å². The minimum Gasteiger partial charge on any atom is -0.356 e. The lowest BCUT2D eigenvalue weighted by atomic mass is 10.0. The minimum atomic E-state index is 0.638. The summed E-state index contributed by atoms with van der Waals surface area (Å²) in [4.78, 5) is 5.46. The highest BCUT2D eigenvalue weighted by Gasteiger charge is 2.24. The Kier molecular flexibility index (Phi) is 35.5. The van der Waals surface area contributed by atoms with Gasteiger partial charge in [0.2, 0.25) is 0 Å². The predicted molar refractivity (Wildman–Crippen MR) is 219 cm³/mol. The summed E-state index contributed by atoms with van der Waals surface area (Å²) in [6.07, 6.45) is 60.4. The van der Waals surface area contributed by atoms with Gasteiger partial charge in [0.15, 0.2) is 0 Å². The fraction of sp³-hybridized carbons (Fsp3) is 0.957. The summed E-state index contributed by atoms with van der Waals surface area (Å²) in [7, 11) is 0. The van der Waals surface area contributed by atoms with Gasteiger partial charge >= 0.3 is 0 Å². The van der Waals surface area contributed by atoms with Crippen molar-refractivity contribution in [1.29, 1.82) is 0 Å². The molecule has 0 amide bonds. The Morgan fingerprint density at radius 3 is 0.729 bits per heavy atom. The molecule has 2 heteroatoms. The summed E-state index contributed by atoms with van der Waals surface area (Å²) in [6.45, 7) is 9.49. The number of unbranched alkanes of at least 4 members (excludes halogenated alkanes) is 34. The Morgan fingerprint density at radius 1 is 0.271 bits per heavy atom. The van der Waals surface area contributed by atoms with E-state index < -0.39 is 0 Å². The van der Waals surface area contributed by atoms with Crippen LogP contribution in [0, 0.1) is 0 Å².